The Labute approximate surface area is 156 Å². The highest BCUT2D eigenvalue weighted by molar-refractivity contribution is 5.69. The Morgan fingerprint density at radius 3 is 1.93 bits per heavy atom. The molecule has 1 atom stereocenters. The molecule has 0 saturated carbocycles. The van der Waals surface area contributed by atoms with E-state index >= 15 is 0 Å². The van der Waals surface area contributed by atoms with E-state index in [2.05, 4.69) is 4.98 Å². The van der Waals surface area contributed by atoms with Gasteiger partial charge in [-0.2, -0.15) is 26.3 Å². The van der Waals surface area contributed by atoms with Gasteiger partial charge in [-0.05, 0) is 36.2 Å². The van der Waals surface area contributed by atoms with E-state index in [9.17, 15) is 26.3 Å². The summed E-state index contributed by atoms with van der Waals surface area (Å²) in [6.45, 7) is 1.40. The lowest BCUT2D eigenvalue weighted by atomic mass is 10.0. The Bertz CT molecular complexity index is 911. The number of hydrogen-bond donors (Lipinski definition) is 1. The summed E-state index contributed by atoms with van der Waals surface area (Å²) in [6, 6.07) is 10.5. The minimum Gasteiger partial charge on any atom is -0.484 e. The highest BCUT2D eigenvalue weighted by Crippen LogP contribution is 2.39. The third kappa shape index (κ3) is 4.32. The first kappa shape index (κ1) is 19.9. The standard InChI is InChI=1S/C20H15F6NO/c1-12(28-18-11-27-10-17(18)13-5-3-2-4-6-13)14-7-15(19(21,22)23)9-16(8-14)20(24,25)26/h2-12,27H,1H3/t12-/m1/s1. The maximum absolute atomic E-state index is 13.0. The average molecular weight is 399 g/mol. The maximum atomic E-state index is 13.0. The van der Waals surface area contributed by atoms with Crippen LogP contribution in [0.25, 0.3) is 11.1 Å². The first-order chi connectivity index (χ1) is 13.1. The molecule has 0 unspecified atom stereocenters. The second-order valence-corrected chi connectivity index (χ2v) is 6.20. The van der Waals surface area contributed by atoms with Crippen molar-refractivity contribution < 1.29 is 31.1 Å². The zero-order valence-electron chi connectivity index (χ0n) is 14.5. The Morgan fingerprint density at radius 2 is 1.39 bits per heavy atom. The van der Waals surface area contributed by atoms with Gasteiger partial charge in [0.15, 0.2) is 0 Å². The van der Waals surface area contributed by atoms with Gasteiger partial charge >= 0.3 is 12.4 Å². The van der Waals surface area contributed by atoms with Crippen LogP contribution in [0.2, 0.25) is 0 Å². The van der Waals surface area contributed by atoms with Gasteiger partial charge in [0.25, 0.3) is 0 Å². The molecule has 1 N–H and O–H groups in total. The van der Waals surface area contributed by atoms with Crippen molar-refractivity contribution in [3.05, 3.63) is 77.6 Å². The molecular weight excluding hydrogens is 384 g/mol. The van der Waals surface area contributed by atoms with Crippen molar-refractivity contribution in [3.63, 3.8) is 0 Å². The second kappa shape index (κ2) is 7.26. The molecule has 0 amide bonds. The molecule has 0 saturated heterocycles. The van der Waals surface area contributed by atoms with Gasteiger partial charge < -0.3 is 9.72 Å². The molecule has 0 fully saturated rings. The summed E-state index contributed by atoms with van der Waals surface area (Å²) in [7, 11) is 0. The molecule has 2 nitrogen and oxygen atoms in total. The largest absolute Gasteiger partial charge is 0.484 e. The fourth-order valence-corrected chi connectivity index (χ4v) is 2.76. The van der Waals surface area contributed by atoms with Gasteiger partial charge in [-0.3, -0.25) is 0 Å². The van der Waals surface area contributed by atoms with Crippen molar-refractivity contribution in [2.75, 3.05) is 0 Å². The van der Waals surface area contributed by atoms with Gasteiger partial charge in [-0.1, -0.05) is 30.3 Å². The summed E-state index contributed by atoms with van der Waals surface area (Å²) < 4.78 is 84.0. The van der Waals surface area contributed by atoms with Gasteiger partial charge in [0.05, 0.1) is 11.1 Å². The molecule has 0 aliphatic heterocycles. The van der Waals surface area contributed by atoms with E-state index in [-0.39, 0.29) is 11.6 Å². The molecular formula is C20H15F6NO. The molecule has 1 heterocycles. The second-order valence-electron chi connectivity index (χ2n) is 6.20. The normalized spacial score (nSPS) is 13.4. The molecule has 2 aromatic carbocycles. The highest BCUT2D eigenvalue weighted by Gasteiger charge is 2.37. The number of nitrogens with one attached hydrogen (secondary N) is 1. The zero-order valence-corrected chi connectivity index (χ0v) is 14.5. The third-order valence-electron chi connectivity index (χ3n) is 4.18. The molecule has 0 aliphatic rings. The van der Waals surface area contributed by atoms with Crippen molar-refractivity contribution in [1.82, 2.24) is 4.98 Å². The molecule has 0 radical (unpaired) electrons. The number of hydrogen-bond acceptors (Lipinski definition) is 1. The molecule has 0 aliphatic carbocycles. The Balaban J connectivity index is 1.96. The maximum Gasteiger partial charge on any atom is 0.416 e. The average Bonchev–Trinajstić information content (AvgIpc) is 3.08. The molecule has 148 valence electrons. The van der Waals surface area contributed by atoms with Crippen molar-refractivity contribution in [2.45, 2.75) is 25.4 Å². The van der Waals surface area contributed by atoms with E-state index < -0.39 is 29.6 Å². The fourth-order valence-electron chi connectivity index (χ4n) is 2.76. The minimum atomic E-state index is -4.90. The summed E-state index contributed by atoms with van der Waals surface area (Å²) in [5.41, 5.74) is -1.51. The van der Waals surface area contributed by atoms with Crippen molar-refractivity contribution in [1.29, 1.82) is 0 Å². The summed E-state index contributed by atoms with van der Waals surface area (Å²) in [5.74, 6) is 0.324. The van der Waals surface area contributed by atoms with Crippen LogP contribution < -0.4 is 4.74 Å². The summed E-state index contributed by atoms with van der Waals surface area (Å²) in [4.78, 5) is 2.84. The molecule has 8 heteroatoms. The van der Waals surface area contributed by atoms with Crippen molar-refractivity contribution in [3.8, 4) is 16.9 Å². The lowest BCUT2D eigenvalue weighted by Crippen LogP contribution is -2.14. The summed E-state index contributed by atoms with van der Waals surface area (Å²) in [6.07, 6.45) is -7.71. The molecule has 0 bridgehead atoms. The Hall–Kier alpha value is -2.90. The summed E-state index contributed by atoms with van der Waals surface area (Å²) in [5, 5.41) is 0. The van der Waals surface area contributed by atoms with E-state index in [0.29, 0.717) is 23.4 Å². The first-order valence-electron chi connectivity index (χ1n) is 8.24. The SMILES string of the molecule is C[C@@H](Oc1c[nH]cc1-c1ccccc1)c1cc(C(F)(F)F)cc(C(F)(F)F)c1. The van der Waals surface area contributed by atoms with Gasteiger partial charge in [-0.25, -0.2) is 0 Å². The van der Waals surface area contributed by atoms with E-state index in [1.165, 1.54) is 13.1 Å². The van der Waals surface area contributed by atoms with Crippen LogP contribution in [0.5, 0.6) is 5.75 Å². The molecule has 28 heavy (non-hydrogen) atoms. The van der Waals surface area contributed by atoms with Crippen molar-refractivity contribution >= 4 is 0 Å². The number of benzene rings is 2. The molecule has 3 aromatic rings. The lowest BCUT2D eigenvalue weighted by Gasteiger charge is -2.19. The van der Waals surface area contributed by atoms with Gasteiger partial charge in [-0.15, -0.1) is 0 Å². The Kier molecular flexibility index (Phi) is 5.14. The van der Waals surface area contributed by atoms with Crippen LogP contribution >= 0.6 is 0 Å². The fraction of sp³-hybridized carbons (Fsp3) is 0.200. The number of H-pyrrole nitrogens is 1. The van der Waals surface area contributed by atoms with Crippen LogP contribution in [-0.4, -0.2) is 4.98 Å². The first-order valence-corrected chi connectivity index (χ1v) is 8.24. The topological polar surface area (TPSA) is 25.0 Å². The predicted molar refractivity (Wildman–Crippen MR) is 91.7 cm³/mol. The van der Waals surface area contributed by atoms with Crippen LogP contribution in [0.1, 0.15) is 29.7 Å². The number of aromatic nitrogens is 1. The van der Waals surface area contributed by atoms with Crippen LogP contribution in [-0.2, 0) is 12.4 Å². The minimum absolute atomic E-state index is 0.0991. The van der Waals surface area contributed by atoms with Gasteiger partial charge in [0.2, 0.25) is 0 Å². The van der Waals surface area contributed by atoms with E-state index in [4.69, 9.17) is 4.74 Å². The van der Waals surface area contributed by atoms with Gasteiger partial charge in [0.1, 0.15) is 11.9 Å². The smallest absolute Gasteiger partial charge is 0.416 e. The number of aromatic amines is 1. The van der Waals surface area contributed by atoms with Crippen LogP contribution in [0.4, 0.5) is 26.3 Å². The monoisotopic (exact) mass is 399 g/mol. The third-order valence-corrected chi connectivity index (χ3v) is 4.18. The Morgan fingerprint density at radius 1 is 0.821 bits per heavy atom. The van der Waals surface area contributed by atoms with Crippen LogP contribution in [0, 0.1) is 0 Å². The molecule has 3 rings (SSSR count). The van der Waals surface area contributed by atoms with Crippen LogP contribution in [0.15, 0.2) is 60.9 Å². The van der Waals surface area contributed by atoms with E-state index in [1.54, 1.807) is 18.3 Å². The predicted octanol–water partition coefficient (Wildman–Crippen LogP) is 6.86. The van der Waals surface area contributed by atoms with E-state index in [0.717, 1.165) is 5.56 Å². The van der Waals surface area contributed by atoms with Crippen LogP contribution in [0.3, 0.4) is 0 Å². The quantitative estimate of drug-likeness (QED) is 0.477. The van der Waals surface area contributed by atoms with Gasteiger partial charge in [0, 0.05) is 18.0 Å². The van der Waals surface area contributed by atoms with E-state index in [1.807, 2.05) is 18.2 Å². The highest BCUT2D eigenvalue weighted by atomic mass is 19.4. The molecule has 0 spiro atoms. The number of rotatable bonds is 4. The number of ether oxygens (including phenoxy) is 1. The zero-order chi connectivity index (χ0) is 20.5. The number of alkyl halides is 6. The molecule has 1 aromatic heterocycles. The lowest BCUT2D eigenvalue weighted by molar-refractivity contribution is -0.143. The number of halogens is 6. The summed E-state index contributed by atoms with van der Waals surface area (Å²) >= 11 is 0. The van der Waals surface area contributed by atoms with Crippen molar-refractivity contribution in [2.24, 2.45) is 0 Å².